The van der Waals surface area contributed by atoms with Gasteiger partial charge in [0.25, 0.3) is 5.91 Å². The number of nitrogens with one attached hydrogen (secondary N) is 2. The number of benzene rings is 2. The van der Waals surface area contributed by atoms with Crippen LogP contribution >= 0.6 is 0 Å². The number of rotatable bonds is 6. The van der Waals surface area contributed by atoms with E-state index in [2.05, 4.69) is 10.6 Å². The molecule has 2 aliphatic rings. The van der Waals surface area contributed by atoms with Crippen LogP contribution in [0.2, 0.25) is 0 Å². The van der Waals surface area contributed by atoms with Gasteiger partial charge in [-0.3, -0.25) is 14.4 Å². The summed E-state index contributed by atoms with van der Waals surface area (Å²) in [5.74, 6) is -0.832. The monoisotopic (exact) mass is 449 g/mol. The van der Waals surface area contributed by atoms with Crippen LogP contribution in [0.25, 0.3) is 0 Å². The molecule has 1 fully saturated rings. The van der Waals surface area contributed by atoms with Gasteiger partial charge in [0.15, 0.2) is 0 Å². The van der Waals surface area contributed by atoms with Gasteiger partial charge in [0.2, 0.25) is 11.8 Å². The zero-order valence-corrected chi connectivity index (χ0v) is 19.2. The van der Waals surface area contributed by atoms with Gasteiger partial charge in [-0.2, -0.15) is 0 Å². The first kappa shape index (κ1) is 23.0. The van der Waals surface area contributed by atoms with E-state index in [0.717, 1.165) is 37.7 Å². The van der Waals surface area contributed by atoms with Crippen LogP contribution in [0, 0.1) is 0 Å². The fourth-order valence-corrected chi connectivity index (χ4v) is 5.44. The van der Waals surface area contributed by atoms with Crippen molar-refractivity contribution in [3.63, 3.8) is 0 Å². The highest BCUT2D eigenvalue weighted by Gasteiger charge is 2.54. The van der Waals surface area contributed by atoms with Crippen LogP contribution in [-0.2, 0) is 14.3 Å². The van der Waals surface area contributed by atoms with Crippen molar-refractivity contribution in [3.8, 4) is 0 Å². The maximum atomic E-state index is 13.9. The number of ether oxygens (including phenoxy) is 1. The van der Waals surface area contributed by atoms with Gasteiger partial charge in [-0.15, -0.1) is 0 Å². The second kappa shape index (κ2) is 9.75. The number of hydrogen-bond acceptors (Lipinski definition) is 4. The Balaban J connectivity index is 1.74. The third-order valence-electron chi connectivity index (χ3n) is 6.77. The lowest BCUT2D eigenvalue weighted by Crippen LogP contribution is -2.62. The summed E-state index contributed by atoms with van der Waals surface area (Å²) in [6.07, 6.45) is 4.60. The number of methoxy groups -OCH3 is 1. The van der Waals surface area contributed by atoms with Gasteiger partial charge >= 0.3 is 0 Å². The van der Waals surface area contributed by atoms with E-state index in [1.54, 1.807) is 31.4 Å². The maximum absolute atomic E-state index is 13.9. The van der Waals surface area contributed by atoms with E-state index in [1.165, 1.54) is 6.92 Å². The number of nitrogens with zero attached hydrogens (tertiary/aromatic N) is 1. The van der Waals surface area contributed by atoms with Crippen LogP contribution < -0.4 is 10.6 Å². The van der Waals surface area contributed by atoms with Crippen molar-refractivity contribution in [1.29, 1.82) is 0 Å². The molecule has 33 heavy (non-hydrogen) atoms. The average Bonchev–Trinajstić information content (AvgIpc) is 2.79. The molecular formula is C26H31N3O4. The Morgan fingerprint density at radius 3 is 2.42 bits per heavy atom. The SMILES string of the molecule is COCCN1C(=O)c2ccccc2[C@@H](C(=O)Nc2cccc(NC(C)=O)c2)C12CCCCC2. The Labute approximate surface area is 194 Å². The topological polar surface area (TPSA) is 87.7 Å². The van der Waals surface area contributed by atoms with Crippen LogP contribution in [-0.4, -0.2) is 48.4 Å². The smallest absolute Gasteiger partial charge is 0.254 e. The average molecular weight is 450 g/mol. The Morgan fingerprint density at radius 1 is 1.03 bits per heavy atom. The molecule has 1 aliphatic heterocycles. The summed E-state index contributed by atoms with van der Waals surface area (Å²) in [5.41, 5.74) is 2.01. The van der Waals surface area contributed by atoms with Crippen LogP contribution in [0.5, 0.6) is 0 Å². The zero-order valence-electron chi connectivity index (χ0n) is 19.2. The summed E-state index contributed by atoms with van der Waals surface area (Å²) in [4.78, 5) is 40.8. The van der Waals surface area contributed by atoms with Crippen molar-refractivity contribution in [2.24, 2.45) is 0 Å². The van der Waals surface area contributed by atoms with E-state index < -0.39 is 11.5 Å². The number of carbonyl (C=O) groups is 3. The molecule has 0 saturated heterocycles. The highest BCUT2D eigenvalue weighted by Crippen LogP contribution is 2.49. The molecule has 1 heterocycles. The van der Waals surface area contributed by atoms with Crippen molar-refractivity contribution < 1.29 is 19.1 Å². The van der Waals surface area contributed by atoms with E-state index in [4.69, 9.17) is 4.74 Å². The number of hydrogen-bond donors (Lipinski definition) is 2. The van der Waals surface area contributed by atoms with Gasteiger partial charge in [0.1, 0.15) is 0 Å². The summed E-state index contributed by atoms with van der Waals surface area (Å²) in [6.45, 7) is 2.32. The summed E-state index contributed by atoms with van der Waals surface area (Å²) >= 11 is 0. The van der Waals surface area contributed by atoms with Crippen LogP contribution in [0.3, 0.4) is 0 Å². The summed E-state index contributed by atoms with van der Waals surface area (Å²) in [6, 6.07) is 14.6. The Bertz CT molecular complexity index is 1050. The first-order valence-electron chi connectivity index (χ1n) is 11.5. The standard InChI is InChI=1S/C26H31N3O4/c1-18(30)27-19-9-8-10-20(17-19)28-24(31)23-21-11-4-5-12-22(21)25(32)29(15-16-33-2)26(23)13-6-3-7-14-26/h4-5,8-12,17,23H,3,6-7,13-16H2,1-2H3,(H,27,30)(H,28,31)/t23-/m0/s1. The molecule has 2 N–H and O–H groups in total. The molecule has 0 unspecified atom stereocenters. The lowest BCUT2D eigenvalue weighted by atomic mass is 9.65. The Kier molecular flexibility index (Phi) is 6.79. The van der Waals surface area contributed by atoms with Gasteiger partial charge in [-0.05, 0) is 42.7 Å². The number of anilines is 2. The fourth-order valence-electron chi connectivity index (χ4n) is 5.44. The molecule has 1 saturated carbocycles. The van der Waals surface area contributed by atoms with Crippen LogP contribution in [0.4, 0.5) is 11.4 Å². The highest BCUT2D eigenvalue weighted by molar-refractivity contribution is 6.05. The maximum Gasteiger partial charge on any atom is 0.254 e. The van der Waals surface area contributed by atoms with Crippen molar-refractivity contribution >= 4 is 29.1 Å². The molecule has 0 aromatic heterocycles. The van der Waals surface area contributed by atoms with Gasteiger partial charge in [-0.1, -0.05) is 43.5 Å². The van der Waals surface area contributed by atoms with Gasteiger partial charge in [0.05, 0.1) is 18.1 Å². The van der Waals surface area contributed by atoms with Crippen LogP contribution in [0.1, 0.15) is 60.9 Å². The van der Waals surface area contributed by atoms with E-state index in [-0.39, 0.29) is 17.7 Å². The van der Waals surface area contributed by atoms with E-state index in [0.29, 0.717) is 30.1 Å². The predicted molar refractivity (Wildman–Crippen MR) is 127 cm³/mol. The zero-order chi connectivity index (χ0) is 23.4. The van der Waals surface area contributed by atoms with Gasteiger partial charge < -0.3 is 20.3 Å². The molecule has 2 aromatic rings. The second-order valence-corrected chi connectivity index (χ2v) is 8.89. The minimum absolute atomic E-state index is 0.0266. The second-order valence-electron chi connectivity index (χ2n) is 8.89. The van der Waals surface area contributed by atoms with Crippen molar-refractivity contribution in [1.82, 2.24) is 4.90 Å². The summed E-state index contributed by atoms with van der Waals surface area (Å²) in [7, 11) is 1.63. The molecule has 1 atom stereocenters. The normalized spacial score (nSPS) is 19.2. The van der Waals surface area contributed by atoms with Crippen LogP contribution in [0.15, 0.2) is 48.5 Å². The largest absolute Gasteiger partial charge is 0.383 e. The molecule has 1 spiro atoms. The molecule has 7 heteroatoms. The van der Waals surface area contributed by atoms with Gasteiger partial charge in [-0.25, -0.2) is 0 Å². The Morgan fingerprint density at radius 2 is 1.73 bits per heavy atom. The minimum Gasteiger partial charge on any atom is -0.383 e. The molecule has 0 bridgehead atoms. The third kappa shape index (κ3) is 4.50. The lowest BCUT2D eigenvalue weighted by molar-refractivity contribution is -0.122. The summed E-state index contributed by atoms with van der Waals surface area (Å²) < 4.78 is 5.32. The molecule has 3 amide bonds. The summed E-state index contributed by atoms with van der Waals surface area (Å²) in [5, 5.41) is 5.82. The molecule has 4 rings (SSSR count). The first-order chi connectivity index (χ1) is 16.0. The number of carbonyl (C=O) groups excluding carboxylic acids is 3. The molecule has 174 valence electrons. The van der Waals surface area contributed by atoms with Crippen molar-refractivity contribution in [2.45, 2.75) is 50.5 Å². The first-order valence-corrected chi connectivity index (χ1v) is 11.5. The molecular weight excluding hydrogens is 418 g/mol. The minimum atomic E-state index is -0.582. The molecule has 2 aromatic carbocycles. The van der Waals surface area contributed by atoms with E-state index in [1.807, 2.05) is 29.2 Å². The van der Waals surface area contributed by atoms with E-state index >= 15 is 0 Å². The van der Waals surface area contributed by atoms with Gasteiger partial charge in [0, 0.05) is 37.5 Å². The highest BCUT2D eigenvalue weighted by atomic mass is 16.5. The van der Waals surface area contributed by atoms with E-state index in [9.17, 15) is 14.4 Å². The predicted octanol–water partition coefficient (Wildman–Crippen LogP) is 4.17. The third-order valence-corrected chi connectivity index (χ3v) is 6.77. The molecule has 1 aliphatic carbocycles. The molecule has 0 radical (unpaired) electrons. The fraction of sp³-hybridized carbons (Fsp3) is 0.423. The Hall–Kier alpha value is -3.19. The van der Waals surface area contributed by atoms with Crippen molar-refractivity contribution in [3.05, 3.63) is 59.7 Å². The lowest BCUT2D eigenvalue weighted by Gasteiger charge is -2.53. The number of amides is 3. The quantitative estimate of drug-likeness (QED) is 0.693. The number of fused-ring (bicyclic) bond motifs is 1. The molecule has 7 nitrogen and oxygen atoms in total. The van der Waals surface area contributed by atoms with Crippen molar-refractivity contribution in [2.75, 3.05) is 30.9 Å².